The van der Waals surface area contributed by atoms with Gasteiger partial charge < -0.3 is 10.2 Å². The fraction of sp³-hybridized carbons (Fsp3) is 0.500. The molecule has 1 aliphatic rings. The van der Waals surface area contributed by atoms with E-state index in [9.17, 15) is 4.79 Å². The number of nitrogens with zero attached hydrogens (tertiary/aromatic N) is 3. The second-order valence-corrected chi connectivity index (χ2v) is 7.90. The molecule has 5 nitrogen and oxygen atoms in total. The molecule has 1 N–H and O–H groups in total. The van der Waals surface area contributed by atoms with Crippen molar-refractivity contribution in [2.75, 3.05) is 44.2 Å². The van der Waals surface area contributed by atoms with Crippen LogP contribution in [0.3, 0.4) is 0 Å². The predicted molar refractivity (Wildman–Crippen MR) is 119 cm³/mol. The summed E-state index contributed by atoms with van der Waals surface area (Å²) in [6.45, 7) is 8.48. The van der Waals surface area contributed by atoms with Gasteiger partial charge in [0.15, 0.2) is 0 Å². The minimum absolute atomic E-state index is 0.160. The molecule has 1 saturated heterocycles. The Bertz CT molecular complexity index is 742. The molecule has 0 aliphatic carbocycles. The first-order chi connectivity index (χ1) is 14.2. The van der Waals surface area contributed by atoms with Crippen molar-refractivity contribution in [1.29, 1.82) is 0 Å². The van der Waals surface area contributed by atoms with E-state index in [-0.39, 0.29) is 5.91 Å². The first-order valence-corrected chi connectivity index (χ1v) is 10.9. The average Bonchev–Trinajstić information content (AvgIpc) is 2.75. The SMILES string of the molecule is Cc1cccc(N2CCN(CCCCNC(=O)CCCc3ccccn3)CC2)c1. The van der Waals surface area contributed by atoms with Gasteiger partial charge in [-0.3, -0.25) is 14.7 Å². The number of unbranched alkanes of at least 4 members (excludes halogenated alkanes) is 1. The van der Waals surface area contributed by atoms with Gasteiger partial charge in [0.05, 0.1) is 0 Å². The third-order valence-corrected chi connectivity index (χ3v) is 5.53. The molecule has 0 atom stereocenters. The van der Waals surface area contributed by atoms with E-state index in [1.165, 1.54) is 11.3 Å². The van der Waals surface area contributed by atoms with Gasteiger partial charge in [-0.25, -0.2) is 0 Å². The number of hydrogen-bond acceptors (Lipinski definition) is 4. The molecule has 1 amide bonds. The standard InChI is InChI=1S/C24H34N4O/c1-21-8-6-11-23(20-21)28-18-16-27(17-19-28)15-5-4-14-26-24(29)12-7-10-22-9-2-3-13-25-22/h2-3,6,8-9,11,13,20H,4-5,7,10,12,14-19H2,1H3,(H,26,29). The van der Waals surface area contributed by atoms with Crippen LogP contribution in [0.2, 0.25) is 0 Å². The van der Waals surface area contributed by atoms with Gasteiger partial charge in [0.2, 0.25) is 5.91 Å². The highest BCUT2D eigenvalue weighted by molar-refractivity contribution is 5.75. The van der Waals surface area contributed by atoms with E-state index < -0.39 is 0 Å². The summed E-state index contributed by atoms with van der Waals surface area (Å²) in [7, 11) is 0. The van der Waals surface area contributed by atoms with Crippen LogP contribution < -0.4 is 10.2 Å². The number of hydrogen-bond donors (Lipinski definition) is 1. The Kier molecular flexibility index (Phi) is 8.50. The number of piperazine rings is 1. The van der Waals surface area contributed by atoms with Crippen LogP contribution in [0, 0.1) is 6.92 Å². The molecule has 0 bridgehead atoms. The molecule has 1 aliphatic heterocycles. The molecule has 1 fully saturated rings. The van der Waals surface area contributed by atoms with Crippen molar-refractivity contribution in [1.82, 2.24) is 15.2 Å². The summed E-state index contributed by atoms with van der Waals surface area (Å²) < 4.78 is 0. The quantitative estimate of drug-likeness (QED) is 0.627. The van der Waals surface area contributed by atoms with Gasteiger partial charge in [-0.05, 0) is 69.0 Å². The van der Waals surface area contributed by atoms with E-state index in [0.717, 1.165) is 70.6 Å². The van der Waals surface area contributed by atoms with Gasteiger partial charge in [0.25, 0.3) is 0 Å². The Morgan fingerprint density at radius 1 is 1.03 bits per heavy atom. The number of amides is 1. The van der Waals surface area contributed by atoms with Gasteiger partial charge in [-0.2, -0.15) is 0 Å². The van der Waals surface area contributed by atoms with Crippen LogP contribution >= 0.6 is 0 Å². The lowest BCUT2D eigenvalue weighted by atomic mass is 10.1. The second-order valence-electron chi connectivity index (χ2n) is 7.90. The number of aromatic nitrogens is 1. The van der Waals surface area contributed by atoms with Crippen molar-refractivity contribution in [2.45, 2.75) is 39.0 Å². The number of anilines is 1. The number of carbonyl (C=O) groups excluding carboxylic acids is 1. The molecule has 156 valence electrons. The third-order valence-electron chi connectivity index (χ3n) is 5.53. The lowest BCUT2D eigenvalue weighted by molar-refractivity contribution is -0.121. The number of rotatable bonds is 10. The molecular formula is C24H34N4O. The molecule has 0 spiro atoms. The molecule has 1 aromatic carbocycles. The Labute approximate surface area is 175 Å². The molecule has 2 aromatic rings. The maximum Gasteiger partial charge on any atom is 0.220 e. The molecule has 0 radical (unpaired) electrons. The monoisotopic (exact) mass is 394 g/mol. The van der Waals surface area contributed by atoms with E-state index >= 15 is 0 Å². The van der Waals surface area contributed by atoms with E-state index in [1.54, 1.807) is 6.20 Å². The smallest absolute Gasteiger partial charge is 0.220 e. The second kappa shape index (κ2) is 11.6. The summed E-state index contributed by atoms with van der Waals surface area (Å²) in [5, 5.41) is 3.05. The normalized spacial score (nSPS) is 14.7. The lowest BCUT2D eigenvalue weighted by Crippen LogP contribution is -2.46. The van der Waals surface area contributed by atoms with Crippen LogP contribution in [0.15, 0.2) is 48.7 Å². The maximum absolute atomic E-state index is 11.9. The zero-order chi connectivity index (χ0) is 20.3. The molecule has 1 aromatic heterocycles. The minimum atomic E-state index is 0.160. The van der Waals surface area contributed by atoms with E-state index in [4.69, 9.17) is 0 Å². The molecule has 5 heteroatoms. The number of aryl methyl sites for hydroxylation is 2. The van der Waals surface area contributed by atoms with Gasteiger partial charge in [-0.15, -0.1) is 0 Å². The summed E-state index contributed by atoms with van der Waals surface area (Å²) in [5.41, 5.74) is 3.72. The Hall–Kier alpha value is -2.40. The summed E-state index contributed by atoms with van der Waals surface area (Å²) in [4.78, 5) is 21.3. The van der Waals surface area contributed by atoms with Gasteiger partial charge >= 0.3 is 0 Å². The fourth-order valence-corrected chi connectivity index (χ4v) is 3.81. The highest BCUT2D eigenvalue weighted by atomic mass is 16.1. The molecule has 3 rings (SSSR count). The fourth-order valence-electron chi connectivity index (χ4n) is 3.81. The third kappa shape index (κ3) is 7.50. The zero-order valence-corrected chi connectivity index (χ0v) is 17.6. The first-order valence-electron chi connectivity index (χ1n) is 10.9. The molecule has 0 saturated carbocycles. The van der Waals surface area contributed by atoms with Crippen LogP contribution in [0.25, 0.3) is 0 Å². The van der Waals surface area contributed by atoms with Crippen molar-refractivity contribution < 1.29 is 4.79 Å². The van der Waals surface area contributed by atoms with Crippen LogP contribution in [0.1, 0.15) is 36.9 Å². The summed E-state index contributed by atoms with van der Waals surface area (Å²) in [6.07, 6.45) is 6.29. The largest absolute Gasteiger partial charge is 0.369 e. The van der Waals surface area contributed by atoms with Crippen molar-refractivity contribution in [3.05, 3.63) is 59.9 Å². The van der Waals surface area contributed by atoms with Gasteiger partial charge in [-0.1, -0.05) is 18.2 Å². The van der Waals surface area contributed by atoms with Crippen molar-refractivity contribution in [3.8, 4) is 0 Å². The number of pyridine rings is 1. The maximum atomic E-state index is 11.9. The Morgan fingerprint density at radius 3 is 2.66 bits per heavy atom. The van der Waals surface area contributed by atoms with Gasteiger partial charge in [0, 0.05) is 56.7 Å². The first kappa shape index (κ1) is 21.3. The Balaban J connectivity index is 1.21. The highest BCUT2D eigenvalue weighted by Crippen LogP contribution is 2.17. The minimum Gasteiger partial charge on any atom is -0.369 e. The average molecular weight is 395 g/mol. The molecular weight excluding hydrogens is 360 g/mol. The molecule has 29 heavy (non-hydrogen) atoms. The highest BCUT2D eigenvalue weighted by Gasteiger charge is 2.16. The van der Waals surface area contributed by atoms with E-state index in [2.05, 4.69) is 51.3 Å². The van der Waals surface area contributed by atoms with Crippen molar-refractivity contribution in [3.63, 3.8) is 0 Å². The van der Waals surface area contributed by atoms with Gasteiger partial charge in [0.1, 0.15) is 0 Å². The van der Waals surface area contributed by atoms with Crippen LogP contribution in [0.4, 0.5) is 5.69 Å². The zero-order valence-electron chi connectivity index (χ0n) is 17.6. The molecule has 0 unspecified atom stereocenters. The van der Waals surface area contributed by atoms with Crippen LogP contribution in [0.5, 0.6) is 0 Å². The predicted octanol–water partition coefficient (Wildman–Crippen LogP) is 3.43. The van der Waals surface area contributed by atoms with Crippen LogP contribution in [-0.2, 0) is 11.2 Å². The Morgan fingerprint density at radius 2 is 1.90 bits per heavy atom. The van der Waals surface area contributed by atoms with Crippen LogP contribution in [-0.4, -0.2) is 55.1 Å². The summed E-state index contributed by atoms with van der Waals surface area (Å²) in [5.74, 6) is 0.160. The molecule has 2 heterocycles. The van der Waals surface area contributed by atoms with E-state index in [1.807, 2.05) is 18.2 Å². The van der Waals surface area contributed by atoms with E-state index in [0.29, 0.717) is 6.42 Å². The number of benzene rings is 1. The summed E-state index contributed by atoms with van der Waals surface area (Å²) >= 11 is 0. The topological polar surface area (TPSA) is 48.5 Å². The van der Waals surface area contributed by atoms with Crippen molar-refractivity contribution in [2.24, 2.45) is 0 Å². The summed E-state index contributed by atoms with van der Waals surface area (Å²) in [6, 6.07) is 14.7. The lowest BCUT2D eigenvalue weighted by Gasteiger charge is -2.36. The number of nitrogens with one attached hydrogen (secondary N) is 1. The number of carbonyl (C=O) groups is 1. The van der Waals surface area contributed by atoms with Crippen molar-refractivity contribution >= 4 is 11.6 Å².